The van der Waals surface area contributed by atoms with Gasteiger partial charge in [-0.2, -0.15) is 15.0 Å². The van der Waals surface area contributed by atoms with Crippen LogP contribution in [0.15, 0.2) is 224 Å². The van der Waals surface area contributed by atoms with Gasteiger partial charge in [0, 0.05) is 27.1 Å². The van der Waals surface area contributed by atoms with Crippen LogP contribution >= 0.6 is 0 Å². The minimum Gasteiger partial charge on any atom is -0.278 e. The second-order valence-corrected chi connectivity index (χ2v) is 15.7. The number of hydrogen-bond acceptors (Lipinski definition) is 3. The first-order chi connectivity index (χ1) is 30.7. The van der Waals surface area contributed by atoms with Gasteiger partial charge < -0.3 is 0 Å². The predicted molar refractivity (Wildman–Crippen MR) is 256 cm³/mol. The third-order valence-corrected chi connectivity index (χ3v) is 12.0. The summed E-state index contributed by atoms with van der Waals surface area (Å²) in [5.41, 5.74) is 14.2. The van der Waals surface area contributed by atoms with Crippen molar-refractivity contribution in [1.29, 1.82) is 0 Å². The fraction of sp³-hybridized carbons (Fsp3) is 0. The lowest BCUT2D eigenvalue weighted by Crippen LogP contribution is -2.10. The molecular formula is C57H37N5. The third-order valence-electron chi connectivity index (χ3n) is 12.0. The molecule has 0 amide bonds. The van der Waals surface area contributed by atoms with Gasteiger partial charge in [-0.05, 0) is 93.0 Å². The summed E-state index contributed by atoms with van der Waals surface area (Å²) in [5.74, 6) is 1.70. The van der Waals surface area contributed by atoms with E-state index in [2.05, 4.69) is 234 Å². The lowest BCUT2D eigenvalue weighted by atomic mass is 9.89. The number of nitrogens with zero attached hydrogens (tertiary/aromatic N) is 5. The molecule has 0 aliphatic heterocycles. The second-order valence-electron chi connectivity index (χ2n) is 15.7. The molecule has 0 saturated carbocycles. The molecule has 3 aromatic heterocycles. The number of para-hydroxylation sites is 4. The zero-order valence-corrected chi connectivity index (χ0v) is 33.6. The van der Waals surface area contributed by atoms with E-state index < -0.39 is 0 Å². The van der Waals surface area contributed by atoms with E-state index in [4.69, 9.17) is 15.0 Å². The summed E-state index contributed by atoms with van der Waals surface area (Å²) in [5, 5.41) is 4.59. The zero-order chi connectivity index (χ0) is 41.0. The van der Waals surface area contributed by atoms with Crippen molar-refractivity contribution >= 4 is 43.6 Å². The molecular weight excluding hydrogens is 755 g/mol. The summed E-state index contributed by atoms with van der Waals surface area (Å²) in [4.78, 5) is 16.0. The smallest absolute Gasteiger partial charge is 0.240 e. The van der Waals surface area contributed by atoms with Crippen molar-refractivity contribution in [3.63, 3.8) is 0 Å². The molecule has 5 heteroatoms. The van der Waals surface area contributed by atoms with Crippen LogP contribution in [-0.4, -0.2) is 24.1 Å². The highest BCUT2D eigenvalue weighted by molar-refractivity contribution is 6.10. The summed E-state index contributed by atoms with van der Waals surface area (Å²) in [6.07, 6.45) is 0. The molecule has 12 rings (SSSR count). The van der Waals surface area contributed by atoms with Gasteiger partial charge in [0.05, 0.1) is 22.1 Å². The summed E-state index contributed by atoms with van der Waals surface area (Å²) < 4.78 is 4.35. The monoisotopic (exact) mass is 791 g/mol. The predicted octanol–water partition coefficient (Wildman–Crippen LogP) is 14.4. The number of rotatable bonds is 7. The maximum Gasteiger partial charge on any atom is 0.240 e. The molecule has 5 nitrogen and oxygen atoms in total. The van der Waals surface area contributed by atoms with E-state index in [1.165, 1.54) is 22.3 Å². The van der Waals surface area contributed by atoms with Gasteiger partial charge >= 0.3 is 0 Å². The maximum absolute atomic E-state index is 5.35. The summed E-state index contributed by atoms with van der Waals surface area (Å²) >= 11 is 0. The fourth-order valence-corrected chi connectivity index (χ4v) is 9.15. The van der Waals surface area contributed by atoms with Crippen LogP contribution in [-0.2, 0) is 0 Å². The Kier molecular flexibility index (Phi) is 8.42. The molecule has 0 atom stereocenters. The first-order valence-electron chi connectivity index (χ1n) is 20.9. The van der Waals surface area contributed by atoms with Crippen LogP contribution in [0.1, 0.15) is 0 Å². The lowest BCUT2D eigenvalue weighted by Gasteiger charge is -2.15. The van der Waals surface area contributed by atoms with Crippen molar-refractivity contribution in [2.45, 2.75) is 0 Å². The minimum absolute atomic E-state index is 0.557. The average Bonchev–Trinajstić information content (AvgIpc) is 3.87. The molecule has 0 fully saturated rings. The topological polar surface area (TPSA) is 48.5 Å². The Morgan fingerprint density at radius 2 is 0.581 bits per heavy atom. The molecule has 0 N–H and O–H groups in total. The van der Waals surface area contributed by atoms with Crippen LogP contribution < -0.4 is 0 Å². The third kappa shape index (κ3) is 5.98. The van der Waals surface area contributed by atoms with Gasteiger partial charge in [-0.15, -0.1) is 0 Å². The highest BCUT2D eigenvalue weighted by atomic mass is 15.3. The van der Waals surface area contributed by atoms with E-state index in [9.17, 15) is 0 Å². The zero-order valence-electron chi connectivity index (χ0n) is 33.6. The Balaban J connectivity index is 1.07. The molecule has 3 heterocycles. The highest BCUT2D eigenvalue weighted by Crippen LogP contribution is 2.39. The van der Waals surface area contributed by atoms with Crippen molar-refractivity contribution in [2.24, 2.45) is 0 Å². The van der Waals surface area contributed by atoms with E-state index in [1.54, 1.807) is 0 Å². The quantitative estimate of drug-likeness (QED) is 0.162. The maximum atomic E-state index is 5.35. The van der Waals surface area contributed by atoms with Gasteiger partial charge in [-0.25, -0.2) is 0 Å². The van der Waals surface area contributed by atoms with Crippen molar-refractivity contribution < 1.29 is 0 Å². The van der Waals surface area contributed by atoms with Crippen LogP contribution in [0.2, 0.25) is 0 Å². The molecule has 0 aliphatic carbocycles. The Bertz CT molecular complexity index is 3340. The van der Waals surface area contributed by atoms with Crippen molar-refractivity contribution in [1.82, 2.24) is 24.1 Å². The first-order valence-corrected chi connectivity index (χ1v) is 20.9. The molecule has 290 valence electrons. The Hall–Kier alpha value is -8.41. The number of benzene rings is 9. The summed E-state index contributed by atoms with van der Waals surface area (Å²) in [7, 11) is 0. The van der Waals surface area contributed by atoms with Gasteiger partial charge in [-0.1, -0.05) is 176 Å². The summed E-state index contributed by atoms with van der Waals surface area (Å²) in [6, 6.07) is 79.4. The molecule has 0 aliphatic rings. The van der Waals surface area contributed by atoms with Gasteiger partial charge in [-0.3, -0.25) is 9.13 Å². The highest BCUT2D eigenvalue weighted by Gasteiger charge is 2.21. The Morgan fingerprint density at radius 1 is 0.242 bits per heavy atom. The van der Waals surface area contributed by atoms with Crippen molar-refractivity contribution in [3.8, 4) is 67.8 Å². The Morgan fingerprint density at radius 3 is 1.05 bits per heavy atom. The Labute approximate surface area is 358 Å². The summed E-state index contributed by atoms with van der Waals surface area (Å²) in [6.45, 7) is 0. The van der Waals surface area contributed by atoms with Crippen LogP contribution in [0, 0.1) is 0 Å². The molecule has 12 aromatic rings. The molecule has 0 saturated heterocycles. The van der Waals surface area contributed by atoms with E-state index in [0.717, 1.165) is 71.4 Å². The van der Waals surface area contributed by atoms with E-state index in [0.29, 0.717) is 17.7 Å². The molecule has 0 unspecified atom stereocenters. The lowest BCUT2D eigenvalue weighted by molar-refractivity contribution is 0.893. The molecule has 0 spiro atoms. The van der Waals surface area contributed by atoms with Crippen LogP contribution in [0.3, 0.4) is 0 Å². The normalized spacial score (nSPS) is 11.5. The van der Waals surface area contributed by atoms with Crippen LogP contribution in [0.4, 0.5) is 0 Å². The van der Waals surface area contributed by atoms with Crippen LogP contribution in [0.25, 0.3) is 111 Å². The SMILES string of the molecule is c1ccc(-c2cc(-c3ccccc3)cc(-c3ccccc3-c3cccc(-c4nc(-n5c6ccccc6c6ccccc65)nc(-n5c6ccccc6c6ccccc65)n4)c3)c2)cc1. The second kappa shape index (κ2) is 14.7. The number of hydrogen-bond donors (Lipinski definition) is 0. The molecule has 0 bridgehead atoms. The molecule has 62 heavy (non-hydrogen) atoms. The van der Waals surface area contributed by atoms with Crippen LogP contribution in [0.5, 0.6) is 0 Å². The van der Waals surface area contributed by atoms with Crippen molar-refractivity contribution in [3.05, 3.63) is 224 Å². The standard InChI is InChI=1S/C57H37N5/c1-3-18-38(19-4-1)42-35-43(39-20-5-2-6-21-39)37-44(36-42)46-25-8-7-24-45(46)40-22-17-23-41(34-40)55-58-56(61-51-30-13-9-26-47(51)48-27-10-14-31-52(48)61)60-57(59-55)62-53-32-15-11-28-49(53)50-29-12-16-33-54(50)62/h1-37H. The van der Waals surface area contributed by atoms with E-state index in [1.807, 2.05) is 0 Å². The first kappa shape index (κ1) is 35.5. The molecule has 9 aromatic carbocycles. The molecule has 0 radical (unpaired) electrons. The average molecular weight is 792 g/mol. The van der Waals surface area contributed by atoms with E-state index in [-0.39, 0.29) is 0 Å². The van der Waals surface area contributed by atoms with Crippen molar-refractivity contribution in [2.75, 3.05) is 0 Å². The largest absolute Gasteiger partial charge is 0.278 e. The van der Waals surface area contributed by atoms with E-state index >= 15 is 0 Å². The van der Waals surface area contributed by atoms with Gasteiger partial charge in [0.2, 0.25) is 11.9 Å². The van der Waals surface area contributed by atoms with Gasteiger partial charge in [0.25, 0.3) is 0 Å². The minimum atomic E-state index is 0.557. The number of aromatic nitrogens is 5. The van der Waals surface area contributed by atoms with Gasteiger partial charge in [0.1, 0.15) is 0 Å². The fourth-order valence-electron chi connectivity index (χ4n) is 9.15. The van der Waals surface area contributed by atoms with Gasteiger partial charge in [0.15, 0.2) is 5.82 Å². The number of fused-ring (bicyclic) bond motifs is 6.